The standard InChI is InChI=1S/C8H12N2OS/c1-8(2,3)6-4-5-7(12)10(11)9-6/h4-5,11H,1-3H3. The van der Waals surface area contributed by atoms with Gasteiger partial charge in [0.25, 0.3) is 0 Å². The molecule has 0 saturated heterocycles. The molecular formula is C8H12N2OS. The molecule has 0 aromatic carbocycles. The van der Waals surface area contributed by atoms with Crippen molar-refractivity contribution in [3.8, 4) is 0 Å². The Hall–Kier alpha value is -0.900. The zero-order valence-electron chi connectivity index (χ0n) is 7.40. The summed E-state index contributed by atoms with van der Waals surface area (Å²) in [5.41, 5.74) is 0.756. The Morgan fingerprint density at radius 2 is 2.00 bits per heavy atom. The Bertz CT molecular complexity index is 338. The van der Waals surface area contributed by atoms with Crippen molar-refractivity contribution in [2.45, 2.75) is 26.2 Å². The van der Waals surface area contributed by atoms with Crippen LogP contribution >= 0.6 is 12.2 Å². The normalized spacial score (nSPS) is 11.6. The molecule has 0 spiro atoms. The molecule has 0 fully saturated rings. The Labute approximate surface area is 76.6 Å². The first-order valence-electron chi connectivity index (χ1n) is 3.71. The maximum absolute atomic E-state index is 9.16. The van der Waals surface area contributed by atoms with Gasteiger partial charge in [0.2, 0.25) is 0 Å². The lowest BCUT2D eigenvalue weighted by Gasteiger charge is -2.16. The van der Waals surface area contributed by atoms with Gasteiger partial charge >= 0.3 is 0 Å². The minimum absolute atomic E-state index is 0.0620. The quantitative estimate of drug-likeness (QED) is 0.496. The minimum atomic E-state index is -0.0620. The van der Waals surface area contributed by atoms with Gasteiger partial charge in [-0.15, -0.1) is 5.10 Å². The van der Waals surface area contributed by atoms with Crippen molar-refractivity contribution in [3.63, 3.8) is 0 Å². The molecule has 0 atom stereocenters. The Morgan fingerprint density at radius 3 is 2.42 bits per heavy atom. The van der Waals surface area contributed by atoms with Crippen LogP contribution in [-0.2, 0) is 5.41 Å². The van der Waals surface area contributed by atoms with Gasteiger partial charge in [-0.3, -0.25) is 0 Å². The van der Waals surface area contributed by atoms with Crippen LogP contribution < -0.4 is 0 Å². The van der Waals surface area contributed by atoms with Crippen LogP contribution in [0.3, 0.4) is 0 Å². The fraction of sp³-hybridized carbons (Fsp3) is 0.500. The van der Waals surface area contributed by atoms with E-state index in [1.807, 2.05) is 26.8 Å². The van der Waals surface area contributed by atoms with E-state index in [9.17, 15) is 0 Å². The van der Waals surface area contributed by atoms with Crippen molar-refractivity contribution in [2.24, 2.45) is 0 Å². The van der Waals surface area contributed by atoms with Crippen molar-refractivity contribution in [3.05, 3.63) is 22.5 Å². The first-order valence-corrected chi connectivity index (χ1v) is 4.12. The van der Waals surface area contributed by atoms with Crippen LogP contribution in [0.1, 0.15) is 26.5 Å². The Kier molecular flexibility index (Phi) is 2.19. The lowest BCUT2D eigenvalue weighted by molar-refractivity contribution is 0.135. The highest BCUT2D eigenvalue weighted by Gasteiger charge is 2.15. The van der Waals surface area contributed by atoms with Gasteiger partial charge in [-0.2, -0.15) is 0 Å². The van der Waals surface area contributed by atoms with Crippen LogP contribution in [-0.4, -0.2) is 15.2 Å². The van der Waals surface area contributed by atoms with Gasteiger partial charge in [0.1, 0.15) is 0 Å². The molecule has 4 heteroatoms. The van der Waals surface area contributed by atoms with Gasteiger partial charge in [0.05, 0.1) is 5.69 Å². The van der Waals surface area contributed by atoms with Gasteiger partial charge in [-0.25, -0.2) is 0 Å². The van der Waals surface area contributed by atoms with Gasteiger partial charge in [-0.1, -0.05) is 37.8 Å². The monoisotopic (exact) mass is 184 g/mol. The number of hydrogen-bond acceptors (Lipinski definition) is 3. The molecule has 66 valence electrons. The fourth-order valence-electron chi connectivity index (χ4n) is 0.802. The summed E-state index contributed by atoms with van der Waals surface area (Å²) in [4.78, 5) is 0.732. The first-order chi connectivity index (χ1) is 5.41. The highest BCUT2D eigenvalue weighted by atomic mass is 32.1. The van der Waals surface area contributed by atoms with Crippen LogP contribution in [0.4, 0.5) is 0 Å². The van der Waals surface area contributed by atoms with Crippen LogP contribution in [0.5, 0.6) is 0 Å². The molecule has 0 amide bonds. The molecule has 3 nitrogen and oxygen atoms in total. The SMILES string of the molecule is CC(C)(C)c1ccc(=S)n(O)n1. The Balaban J connectivity index is 3.23. The van der Waals surface area contributed by atoms with Crippen molar-refractivity contribution in [1.82, 2.24) is 9.94 Å². The third-order valence-corrected chi connectivity index (χ3v) is 1.85. The lowest BCUT2D eigenvalue weighted by Crippen LogP contribution is -2.16. The first kappa shape index (κ1) is 9.19. The van der Waals surface area contributed by atoms with E-state index in [1.165, 1.54) is 0 Å². The van der Waals surface area contributed by atoms with Crippen molar-refractivity contribution < 1.29 is 5.21 Å². The van der Waals surface area contributed by atoms with Crippen molar-refractivity contribution in [2.75, 3.05) is 0 Å². The second kappa shape index (κ2) is 2.86. The summed E-state index contributed by atoms with van der Waals surface area (Å²) in [5.74, 6) is 0. The molecule has 0 aliphatic rings. The largest absolute Gasteiger partial charge is 0.411 e. The van der Waals surface area contributed by atoms with E-state index < -0.39 is 0 Å². The highest BCUT2D eigenvalue weighted by Crippen LogP contribution is 2.18. The second-order valence-corrected chi connectivity index (χ2v) is 4.11. The second-order valence-electron chi connectivity index (χ2n) is 3.70. The van der Waals surface area contributed by atoms with Crippen LogP contribution in [0.15, 0.2) is 12.1 Å². The maximum atomic E-state index is 9.16. The molecule has 1 heterocycles. The molecule has 0 unspecified atom stereocenters. The zero-order chi connectivity index (χ0) is 9.35. The summed E-state index contributed by atoms with van der Waals surface area (Å²) in [6, 6.07) is 3.50. The fourth-order valence-corrected chi connectivity index (χ4v) is 0.910. The van der Waals surface area contributed by atoms with E-state index in [1.54, 1.807) is 6.07 Å². The number of nitrogens with zero attached hydrogens (tertiary/aromatic N) is 2. The molecule has 0 radical (unpaired) electrons. The summed E-state index contributed by atoms with van der Waals surface area (Å²) < 4.78 is 0.322. The van der Waals surface area contributed by atoms with Gasteiger partial charge in [-0.05, 0) is 12.1 Å². The summed E-state index contributed by atoms with van der Waals surface area (Å²) in [7, 11) is 0. The summed E-state index contributed by atoms with van der Waals surface area (Å²) >= 11 is 4.79. The van der Waals surface area contributed by atoms with Crippen LogP contribution in [0.25, 0.3) is 0 Å². The molecule has 0 saturated carbocycles. The van der Waals surface area contributed by atoms with Gasteiger partial charge in [0.15, 0.2) is 4.64 Å². The minimum Gasteiger partial charge on any atom is -0.411 e. The number of aromatic nitrogens is 2. The molecule has 1 rings (SSSR count). The molecular weight excluding hydrogens is 172 g/mol. The van der Waals surface area contributed by atoms with E-state index in [2.05, 4.69) is 5.10 Å². The third kappa shape index (κ3) is 1.82. The van der Waals surface area contributed by atoms with Crippen LogP contribution in [0.2, 0.25) is 0 Å². The van der Waals surface area contributed by atoms with Crippen LogP contribution in [0, 0.1) is 4.64 Å². The predicted octanol–water partition coefficient (Wildman–Crippen LogP) is 2.15. The molecule has 0 bridgehead atoms. The molecule has 12 heavy (non-hydrogen) atoms. The number of rotatable bonds is 0. The Morgan fingerprint density at radius 1 is 1.42 bits per heavy atom. The van der Waals surface area contributed by atoms with E-state index in [-0.39, 0.29) is 5.41 Å². The lowest BCUT2D eigenvalue weighted by atomic mass is 9.92. The maximum Gasteiger partial charge on any atom is 0.163 e. The van der Waals surface area contributed by atoms with E-state index >= 15 is 0 Å². The average molecular weight is 184 g/mol. The predicted molar refractivity (Wildman–Crippen MR) is 48.9 cm³/mol. The molecule has 1 aromatic rings. The van der Waals surface area contributed by atoms with Gasteiger partial charge in [0, 0.05) is 5.41 Å². The summed E-state index contributed by atoms with van der Waals surface area (Å²) in [5, 5.41) is 13.1. The summed E-state index contributed by atoms with van der Waals surface area (Å²) in [6.45, 7) is 6.08. The molecule has 0 aliphatic carbocycles. The molecule has 0 aliphatic heterocycles. The van der Waals surface area contributed by atoms with E-state index in [0.717, 1.165) is 10.5 Å². The smallest absolute Gasteiger partial charge is 0.163 e. The third-order valence-electron chi connectivity index (χ3n) is 1.55. The van der Waals surface area contributed by atoms with Gasteiger partial charge < -0.3 is 5.21 Å². The average Bonchev–Trinajstić information content (AvgIpc) is 1.92. The van der Waals surface area contributed by atoms with Crippen molar-refractivity contribution in [1.29, 1.82) is 0 Å². The highest BCUT2D eigenvalue weighted by molar-refractivity contribution is 7.71. The zero-order valence-corrected chi connectivity index (χ0v) is 8.22. The number of hydrogen-bond donors (Lipinski definition) is 1. The topological polar surface area (TPSA) is 38.0 Å². The summed E-state index contributed by atoms with van der Waals surface area (Å²) in [6.07, 6.45) is 0. The molecule has 1 aromatic heterocycles. The van der Waals surface area contributed by atoms with E-state index in [4.69, 9.17) is 17.4 Å². The van der Waals surface area contributed by atoms with Crippen molar-refractivity contribution >= 4 is 12.2 Å². The molecule has 1 N–H and O–H groups in total. The van der Waals surface area contributed by atoms with E-state index in [0.29, 0.717) is 4.64 Å².